The summed E-state index contributed by atoms with van der Waals surface area (Å²) < 4.78 is 0. The molecule has 0 amide bonds. The number of hydrogen-bond acceptors (Lipinski definition) is 5. The first-order valence-electron chi connectivity index (χ1n) is 5.58. The molecule has 0 aromatic carbocycles. The highest BCUT2D eigenvalue weighted by Crippen LogP contribution is 2.27. The highest BCUT2D eigenvalue weighted by atomic mass is 32.1. The van der Waals surface area contributed by atoms with Gasteiger partial charge in [-0.1, -0.05) is 20.8 Å². The fourth-order valence-electron chi connectivity index (χ4n) is 1.61. The van der Waals surface area contributed by atoms with E-state index in [2.05, 4.69) is 36.1 Å². The molecule has 0 fully saturated rings. The van der Waals surface area contributed by atoms with Gasteiger partial charge in [-0.3, -0.25) is 0 Å². The maximum Gasteiger partial charge on any atom is 0.138 e. The third-order valence-electron chi connectivity index (χ3n) is 2.80. The molecule has 0 saturated carbocycles. The van der Waals surface area contributed by atoms with Crippen LogP contribution in [0.5, 0.6) is 0 Å². The van der Waals surface area contributed by atoms with Gasteiger partial charge in [0.05, 0.1) is 18.0 Å². The van der Waals surface area contributed by atoms with Crippen LogP contribution in [0.3, 0.4) is 0 Å². The maximum atomic E-state index is 9.44. The SMILES string of the molecule is CC(C)(C)[C@@H](CO)Nc1ncnc2sccc12. The summed E-state index contributed by atoms with van der Waals surface area (Å²) in [7, 11) is 0. The molecule has 4 nitrogen and oxygen atoms in total. The second kappa shape index (κ2) is 4.58. The lowest BCUT2D eigenvalue weighted by atomic mass is 9.87. The standard InChI is InChI=1S/C12H17N3OS/c1-12(2,3)9(6-16)15-10-8-4-5-17-11(8)14-7-13-10/h4-5,7,9,16H,6H2,1-3H3,(H,13,14,15)/t9-/m1/s1. The highest BCUT2D eigenvalue weighted by Gasteiger charge is 2.24. The van der Waals surface area contributed by atoms with Crippen LogP contribution >= 0.6 is 11.3 Å². The summed E-state index contributed by atoms with van der Waals surface area (Å²) >= 11 is 1.59. The van der Waals surface area contributed by atoms with Crippen molar-refractivity contribution in [1.82, 2.24) is 9.97 Å². The van der Waals surface area contributed by atoms with Gasteiger partial charge in [0.2, 0.25) is 0 Å². The molecule has 2 heterocycles. The van der Waals surface area contributed by atoms with Crippen LogP contribution in [0.15, 0.2) is 17.8 Å². The molecule has 0 radical (unpaired) electrons. The van der Waals surface area contributed by atoms with E-state index >= 15 is 0 Å². The van der Waals surface area contributed by atoms with Gasteiger partial charge in [0.1, 0.15) is 17.0 Å². The predicted molar refractivity (Wildman–Crippen MR) is 71.4 cm³/mol. The molecule has 0 unspecified atom stereocenters. The summed E-state index contributed by atoms with van der Waals surface area (Å²) in [4.78, 5) is 9.42. The Morgan fingerprint density at radius 3 is 2.82 bits per heavy atom. The molecular formula is C12H17N3OS. The topological polar surface area (TPSA) is 58.0 Å². The van der Waals surface area contributed by atoms with Crippen molar-refractivity contribution in [2.45, 2.75) is 26.8 Å². The van der Waals surface area contributed by atoms with E-state index in [1.807, 2.05) is 11.4 Å². The fourth-order valence-corrected chi connectivity index (χ4v) is 2.34. The van der Waals surface area contributed by atoms with Crippen LogP contribution in [0.2, 0.25) is 0 Å². The van der Waals surface area contributed by atoms with Gasteiger partial charge in [0, 0.05) is 0 Å². The molecule has 2 aromatic heterocycles. The van der Waals surface area contributed by atoms with Crippen molar-refractivity contribution in [3.63, 3.8) is 0 Å². The van der Waals surface area contributed by atoms with E-state index in [-0.39, 0.29) is 18.1 Å². The van der Waals surface area contributed by atoms with Crippen LogP contribution in [0.1, 0.15) is 20.8 Å². The van der Waals surface area contributed by atoms with Gasteiger partial charge in [-0.25, -0.2) is 9.97 Å². The summed E-state index contributed by atoms with van der Waals surface area (Å²) in [5.74, 6) is 0.797. The monoisotopic (exact) mass is 251 g/mol. The average molecular weight is 251 g/mol. The number of anilines is 1. The molecule has 5 heteroatoms. The number of thiophene rings is 1. The average Bonchev–Trinajstić information content (AvgIpc) is 2.72. The van der Waals surface area contributed by atoms with Crippen molar-refractivity contribution >= 4 is 27.4 Å². The molecule has 2 rings (SSSR count). The molecule has 1 atom stereocenters. The Hall–Kier alpha value is -1.20. The van der Waals surface area contributed by atoms with Gasteiger partial charge in [-0.15, -0.1) is 11.3 Å². The van der Waals surface area contributed by atoms with Gasteiger partial charge in [0.25, 0.3) is 0 Å². The Kier molecular flexibility index (Phi) is 3.31. The number of aliphatic hydroxyl groups excluding tert-OH is 1. The van der Waals surface area contributed by atoms with E-state index in [0.717, 1.165) is 16.0 Å². The van der Waals surface area contributed by atoms with Crippen LogP contribution < -0.4 is 5.32 Å². The first-order valence-corrected chi connectivity index (χ1v) is 6.46. The molecule has 0 spiro atoms. The molecule has 0 aliphatic rings. The van der Waals surface area contributed by atoms with E-state index in [4.69, 9.17) is 0 Å². The summed E-state index contributed by atoms with van der Waals surface area (Å²) in [5.41, 5.74) is -0.0257. The minimum atomic E-state index is -0.0273. The number of nitrogens with zero attached hydrogens (tertiary/aromatic N) is 2. The maximum absolute atomic E-state index is 9.44. The molecule has 0 aliphatic carbocycles. The molecule has 0 saturated heterocycles. The fraction of sp³-hybridized carbons (Fsp3) is 0.500. The molecular weight excluding hydrogens is 234 g/mol. The number of aliphatic hydroxyl groups is 1. The molecule has 0 bridgehead atoms. The highest BCUT2D eigenvalue weighted by molar-refractivity contribution is 7.16. The van der Waals surface area contributed by atoms with Crippen LogP contribution in [0.25, 0.3) is 10.2 Å². The Bertz CT molecular complexity index is 504. The lowest BCUT2D eigenvalue weighted by Gasteiger charge is -2.30. The van der Waals surface area contributed by atoms with Crippen molar-refractivity contribution in [3.05, 3.63) is 17.8 Å². The molecule has 17 heavy (non-hydrogen) atoms. The van der Waals surface area contributed by atoms with E-state index in [1.54, 1.807) is 17.7 Å². The van der Waals surface area contributed by atoms with Crippen molar-refractivity contribution in [2.24, 2.45) is 5.41 Å². The number of fused-ring (bicyclic) bond motifs is 1. The number of hydrogen-bond donors (Lipinski definition) is 2. The van der Waals surface area contributed by atoms with E-state index in [0.29, 0.717) is 0 Å². The Morgan fingerprint density at radius 1 is 1.41 bits per heavy atom. The second-order valence-corrected chi connectivity index (χ2v) is 6.00. The van der Waals surface area contributed by atoms with Crippen LogP contribution in [-0.4, -0.2) is 27.7 Å². The molecule has 0 aliphatic heterocycles. The van der Waals surface area contributed by atoms with Gasteiger partial charge in [-0.05, 0) is 16.9 Å². The molecule has 2 aromatic rings. The van der Waals surface area contributed by atoms with Crippen LogP contribution in [-0.2, 0) is 0 Å². The lowest BCUT2D eigenvalue weighted by Crippen LogP contribution is -2.37. The zero-order chi connectivity index (χ0) is 12.5. The Labute approximate surface area is 105 Å². The van der Waals surface area contributed by atoms with Crippen LogP contribution in [0.4, 0.5) is 5.82 Å². The van der Waals surface area contributed by atoms with E-state index in [1.165, 1.54) is 0 Å². The normalized spacial score (nSPS) is 13.9. The van der Waals surface area contributed by atoms with Gasteiger partial charge in [0.15, 0.2) is 0 Å². The summed E-state index contributed by atoms with van der Waals surface area (Å²) in [6.07, 6.45) is 1.55. The van der Waals surface area contributed by atoms with Crippen molar-refractivity contribution in [1.29, 1.82) is 0 Å². The predicted octanol–water partition coefficient (Wildman–Crippen LogP) is 2.51. The minimum absolute atomic E-state index is 0.0257. The molecule has 2 N–H and O–H groups in total. The summed E-state index contributed by atoms with van der Waals surface area (Å²) in [5, 5.41) is 15.8. The third kappa shape index (κ3) is 2.56. The molecule has 92 valence electrons. The van der Waals surface area contributed by atoms with Crippen molar-refractivity contribution in [3.8, 4) is 0 Å². The quantitative estimate of drug-likeness (QED) is 0.880. The largest absolute Gasteiger partial charge is 0.394 e. The number of rotatable bonds is 3. The first kappa shape index (κ1) is 12.3. The minimum Gasteiger partial charge on any atom is -0.394 e. The lowest BCUT2D eigenvalue weighted by molar-refractivity contribution is 0.201. The zero-order valence-corrected chi connectivity index (χ0v) is 11.1. The second-order valence-electron chi connectivity index (χ2n) is 5.11. The van der Waals surface area contributed by atoms with Crippen molar-refractivity contribution < 1.29 is 5.11 Å². The van der Waals surface area contributed by atoms with Crippen molar-refractivity contribution in [2.75, 3.05) is 11.9 Å². The Balaban J connectivity index is 2.31. The van der Waals surface area contributed by atoms with Gasteiger partial charge >= 0.3 is 0 Å². The van der Waals surface area contributed by atoms with Gasteiger partial charge < -0.3 is 10.4 Å². The van der Waals surface area contributed by atoms with Crippen LogP contribution in [0, 0.1) is 5.41 Å². The Morgan fingerprint density at radius 2 is 2.18 bits per heavy atom. The van der Waals surface area contributed by atoms with E-state index in [9.17, 15) is 5.11 Å². The summed E-state index contributed by atoms with van der Waals surface area (Å²) in [6, 6.07) is 1.97. The number of aromatic nitrogens is 2. The van der Waals surface area contributed by atoms with Gasteiger partial charge in [-0.2, -0.15) is 0 Å². The summed E-state index contributed by atoms with van der Waals surface area (Å²) in [6.45, 7) is 6.35. The van der Waals surface area contributed by atoms with E-state index < -0.39 is 0 Å². The number of nitrogens with one attached hydrogen (secondary N) is 1. The smallest absolute Gasteiger partial charge is 0.138 e. The first-order chi connectivity index (χ1) is 8.02. The third-order valence-corrected chi connectivity index (χ3v) is 3.62. The zero-order valence-electron chi connectivity index (χ0n) is 10.3.